The molecule has 0 aliphatic rings. The summed E-state index contributed by atoms with van der Waals surface area (Å²) in [4.78, 5) is 0. The molecule has 0 heterocycles. The highest BCUT2D eigenvalue weighted by Gasteiger charge is 2.13. The summed E-state index contributed by atoms with van der Waals surface area (Å²) in [6, 6.07) is 19.5. The summed E-state index contributed by atoms with van der Waals surface area (Å²) < 4.78 is 0. The first-order valence-corrected chi connectivity index (χ1v) is 6.07. The summed E-state index contributed by atoms with van der Waals surface area (Å²) in [5, 5.41) is 10.2. The standard InChI is InChI=1S/C17H16O/c1-14(12-13-15-8-4-2-5-9-15)17(18)16-10-6-3-7-11-16/h2-11,14,17-18H,1H3. The Labute approximate surface area is 108 Å². The lowest BCUT2D eigenvalue weighted by molar-refractivity contribution is 0.143. The highest BCUT2D eigenvalue weighted by Crippen LogP contribution is 2.20. The predicted octanol–water partition coefficient (Wildman–Crippen LogP) is 3.41. The largest absolute Gasteiger partial charge is 0.387 e. The van der Waals surface area contributed by atoms with E-state index in [0.29, 0.717) is 0 Å². The molecular weight excluding hydrogens is 220 g/mol. The molecule has 0 aliphatic heterocycles. The van der Waals surface area contributed by atoms with Crippen LogP contribution in [0.4, 0.5) is 0 Å². The van der Waals surface area contributed by atoms with Crippen molar-refractivity contribution in [2.45, 2.75) is 13.0 Å². The van der Waals surface area contributed by atoms with Crippen LogP contribution in [0.15, 0.2) is 60.7 Å². The first kappa shape index (κ1) is 12.4. The van der Waals surface area contributed by atoms with Crippen molar-refractivity contribution in [2.24, 2.45) is 5.92 Å². The number of hydrogen-bond acceptors (Lipinski definition) is 1. The second kappa shape index (κ2) is 6.05. The smallest absolute Gasteiger partial charge is 0.0924 e. The van der Waals surface area contributed by atoms with Gasteiger partial charge in [-0.3, -0.25) is 0 Å². The summed E-state index contributed by atoms with van der Waals surface area (Å²) in [7, 11) is 0. The topological polar surface area (TPSA) is 20.2 Å². The van der Waals surface area contributed by atoms with Gasteiger partial charge < -0.3 is 5.11 Å². The normalized spacial score (nSPS) is 13.2. The second-order valence-corrected chi connectivity index (χ2v) is 4.28. The molecule has 18 heavy (non-hydrogen) atoms. The van der Waals surface area contributed by atoms with Gasteiger partial charge in [-0.15, -0.1) is 0 Å². The van der Waals surface area contributed by atoms with Crippen molar-refractivity contribution in [3.8, 4) is 11.8 Å². The zero-order valence-corrected chi connectivity index (χ0v) is 10.4. The van der Waals surface area contributed by atoms with E-state index in [1.807, 2.05) is 67.6 Å². The highest BCUT2D eigenvalue weighted by atomic mass is 16.3. The fraction of sp³-hybridized carbons (Fsp3) is 0.176. The zero-order chi connectivity index (χ0) is 12.8. The monoisotopic (exact) mass is 236 g/mol. The average Bonchev–Trinajstić information content (AvgIpc) is 2.46. The Morgan fingerprint density at radius 2 is 1.44 bits per heavy atom. The minimum Gasteiger partial charge on any atom is -0.387 e. The third-order valence-corrected chi connectivity index (χ3v) is 2.83. The molecular formula is C17H16O. The molecule has 2 aromatic carbocycles. The Balaban J connectivity index is 2.09. The summed E-state index contributed by atoms with van der Waals surface area (Å²) in [6.07, 6.45) is -0.539. The minimum atomic E-state index is -0.539. The van der Waals surface area contributed by atoms with Gasteiger partial charge in [-0.05, 0) is 24.6 Å². The summed E-state index contributed by atoms with van der Waals surface area (Å²) >= 11 is 0. The van der Waals surface area contributed by atoms with Gasteiger partial charge in [-0.2, -0.15) is 0 Å². The van der Waals surface area contributed by atoms with Crippen LogP contribution in [0.3, 0.4) is 0 Å². The Hall–Kier alpha value is -2.04. The summed E-state index contributed by atoms with van der Waals surface area (Å²) in [5.74, 6) is 6.09. The second-order valence-electron chi connectivity index (χ2n) is 4.28. The fourth-order valence-corrected chi connectivity index (χ4v) is 1.74. The van der Waals surface area contributed by atoms with Crippen molar-refractivity contribution in [3.63, 3.8) is 0 Å². The van der Waals surface area contributed by atoms with E-state index in [9.17, 15) is 5.11 Å². The third kappa shape index (κ3) is 3.23. The molecule has 90 valence electrons. The Morgan fingerprint density at radius 1 is 0.889 bits per heavy atom. The van der Waals surface area contributed by atoms with Crippen LogP contribution in [-0.2, 0) is 0 Å². The molecule has 0 saturated carbocycles. The predicted molar refractivity (Wildman–Crippen MR) is 73.9 cm³/mol. The SMILES string of the molecule is CC(C#Cc1ccccc1)C(O)c1ccccc1. The van der Waals surface area contributed by atoms with Crippen LogP contribution in [0, 0.1) is 17.8 Å². The van der Waals surface area contributed by atoms with E-state index in [0.717, 1.165) is 11.1 Å². The van der Waals surface area contributed by atoms with Crippen molar-refractivity contribution >= 4 is 0 Å². The molecule has 2 atom stereocenters. The lowest BCUT2D eigenvalue weighted by Gasteiger charge is -2.13. The van der Waals surface area contributed by atoms with Crippen LogP contribution in [0.25, 0.3) is 0 Å². The maximum Gasteiger partial charge on any atom is 0.0924 e. The van der Waals surface area contributed by atoms with E-state index < -0.39 is 6.10 Å². The number of benzene rings is 2. The van der Waals surface area contributed by atoms with Crippen LogP contribution >= 0.6 is 0 Å². The van der Waals surface area contributed by atoms with E-state index in [1.165, 1.54) is 0 Å². The Kier molecular flexibility index (Phi) is 4.17. The fourth-order valence-electron chi connectivity index (χ4n) is 1.74. The Bertz CT molecular complexity index is 534. The number of hydrogen-bond donors (Lipinski definition) is 1. The van der Waals surface area contributed by atoms with Crippen LogP contribution < -0.4 is 0 Å². The van der Waals surface area contributed by atoms with E-state index >= 15 is 0 Å². The molecule has 0 radical (unpaired) electrons. The molecule has 0 spiro atoms. The molecule has 2 aromatic rings. The van der Waals surface area contributed by atoms with Gasteiger partial charge in [0, 0.05) is 11.5 Å². The first-order chi connectivity index (χ1) is 8.77. The summed E-state index contributed by atoms with van der Waals surface area (Å²) in [6.45, 7) is 1.94. The molecule has 0 amide bonds. The van der Waals surface area contributed by atoms with Gasteiger partial charge in [0.05, 0.1) is 6.10 Å². The molecule has 0 aliphatic carbocycles. The average molecular weight is 236 g/mol. The van der Waals surface area contributed by atoms with E-state index in [1.54, 1.807) is 0 Å². The van der Waals surface area contributed by atoms with Crippen LogP contribution in [0.2, 0.25) is 0 Å². The van der Waals surface area contributed by atoms with Crippen molar-refractivity contribution in [3.05, 3.63) is 71.8 Å². The number of aliphatic hydroxyl groups excluding tert-OH is 1. The van der Waals surface area contributed by atoms with Crippen LogP contribution in [-0.4, -0.2) is 5.11 Å². The molecule has 0 aromatic heterocycles. The van der Waals surface area contributed by atoms with Crippen molar-refractivity contribution in [1.82, 2.24) is 0 Å². The number of aliphatic hydroxyl groups is 1. The maximum absolute atomic E-state index is 10.2. The molecule has 2 rings (SSSR count). The molecule has 1 N–H and O–H groups in total. The van der Waals surface area contributed by atoms with Crippen LogP contribution in [0.5, 0.6) is 0 Å². The zero-order valence-electron chi connectivity index (χ0n) is 10.4. The quantitative estimate of drug-likeness (QED) is 0.792. The van der Waals surface area contributed by atoms with Crippen molar-refractivity contribution in [2.75, 3.05) is 0 Å². The van der Waals surface area contributed by atoms with Crippen molar-refractivity contribution < 1.29 is 5.11 Å². The lowest BCUT2D eigenvalue weighted by atomic mass is 9.98. The molecule has 0 saturated heterocycles. The van der Waals surface area contributed by atoms with Crippen LogP contribution in [0.1, 0.15) is 24.2 Å². The third-order valence-electron chi connectivity index (χ3n) is 2.83. The van der Waals surface area contributed by atoms with Gasteiger partial charge in [0.15, 0.2) is 0 Å². The van der Waals surface area contributed by atoms with E-state index in [2.05, 4.69) is 11.8 Å². The molecule has 2 unspecified atom stereocenters. The molecule has 1 heteroatoms. The van der Waals surface area contributed by atoms with Gasteiger partial charge >= 0.3 is 0 Å². The minimum absolute atomic E-state index is 0.0902. The Morgan fingerprint density at radius 3 is 2.06 bits per heavy atom. The summed E-state index contributed by atoms with van der Waals surface area (Å²) in [5.41, 5.74) is 1.89. The highest BCUT2D eigenvalue weighted by molar-refractivity contribution is 5.34. The maximum atomic E-state index is 10.2. The molecule has 1 nitrogen and oxygen atoms in total. The molecule has 0 bridgehead atoms. The van der Waals surface area contributed by atoms with E-state index in [-0.39, 0.29) is 5.92 Å². The van der Waals surface area contributed by atoms with Gasteiger partial charge in [0.1, 0.15) is 0 Å². The molecule has 0 fully saturated rings. The number of rotatable bonds is 2. The van der Waals surface area contributed by atoms with Crippen molar-refractivity contribution in [1.29, 1.82) is 0 Å². The van der Waals surface area contributed by atoms with Gasteiger partial charge in [0.25, 0.3) is 0 Å². The first-order valence-electron chi connectivity index (χ1n) is 6.07. The lowest BCUT2D eigenvalue weighted by Crippen LogP contribution is -2.06. The van der Waals surface area contributed by atoms with Gasteiger partial charge in [-0.1, -0.05) is 60.4 Å². The van der Waals surface area contributed by atoms with E-state index in [4.69, 9.17) is 0 Å². The van der Waals surface area contributed by atoms with Gasteiger partial charge in [0.2, 0.25) is 0 Å². The van der Waals surface area contributed by atoms with Gasteiger partial charge in [-0.25, -0.2) is 0 Å².